The topological polar surface area (TPSA) is 57.6 Å². The van der Waals surface area contributed by atoms with Crippen molar-refractivity contribution in [1.29, 1.82) is 0 Å². The van der Waals surface area contributed by atoms with E-state index < -0.39 is 33.6 Å². The number of aliphatic hydroxyl groups is 1. The summed E-state index contributed by atoms with van der Waals surface area (Å²) in [5, 5.41) is 7.65. The highest BCUT2D eigenvalue weighted by molar-refractivity contribution is 7.89. The minimum absolute atomic E-state index is 0.364. The number of sulfonamides is 1. The average Bonchev–Trinajstić information content (AvgIpc) is 3.27. The number of aliphatic hydroxyl groups excluding tert-OH is 1. The van der Waals surface area contributed by atoms with Gasteiger partial charge in [0.25, 0.3) is 0 Å². The normalized spacial score (nSPS) is 19.2. The van der Waals surface area contributed by atoms with E-state index in [9.17, 15) is 26.7 Å². The number of rotatable bonds is 6. The van der Waals surface area contributed by atoms with Crippen LogP contribution < -0.4 is 0 Å². The van der Waals surface area contributed by atoms with Crippen LogP contribution in [0.3, 0.4) is 0 Å². The first-order valence-electron chi connectivity index (χ1n) is 6.94. The summed E-state index contributed by atoms with van der Waals surface area (Å²) in [7, 11) is -4.55. The Bertz CT molecular complexity index is 600. The SMILES string of the molecule is C[C@H](C(F)(F)F)S(=O)(=O)N(C[C@@H](O)c1ccccc1)C1CC1. The Labute approximate surface area is 127 Å². The van der Waals surface area contributed by atoms with Crippen molar-refractivity contribution in [2.24, 2.45) is 0 Å². The predicted molar refractivity (Wildman–Crippen MR) is 75.6 cm³/mol. The number of alkyl halides is 3. The number of hydrogen-bond acceptors (Lipinski definition) is 3. The number of benzene rings is 1. The second kappa shape index (κ2) is 6.17. The van der Waals surface area contributed by atoms with Crippen molar-refractivity contribution in [1.82, 2.24) is 4.31 Å². The molecule has 4 nitrogen and oxygen atoms in total. The largest absolute Gasteiger partial charge is 0.406 e. The van der Waals surface area contributed by atoms with E-state index in [-0.39, 0.29) is 6.54 Å². The third-order valence-electron chi connectivity index (χ3n) is 3.73. The van der Waals surface area contributed by atoms with Gasteiger partial charge in [0.1, 0.15) is 0 Å². The van der Waals surface area contributed by atoms with Crippen molar-refractivity contribution in [3.63, 3.8) is 0 Å². The van der Waals surface area contributed by atoms with E-state index in [4.69, 9.17) is 0 Å². The Hall–Kier alpha value is -1.12. The highest BCUT2D eigenvalue weighted by Crippen LogP contribution is 2.36. The summed E-state index contributed by atoms with van der Waals surface area (Å²) in [5.74, 6) is 0. The number of nitrogens with zero attached hydrogens (tertiary/aromatic N) is 1. The van der Waals surface area contributed by atoms with Crippen LogP contribution in [0.2, 0.25) is 0 Å². The zero-order valence-electron chi connectivity index (χ0n) is 12.0. The molecule has 1 N–H and O–H groups in total. The van der Waals surface area contributed by atoms with E-state index in [0.29, 0.717) is 25.3 Å². The Kier molecular flexibility index (Phi) is 4.84. The molecule has 0 aromatic heterocycles. The van der Waals surface area contributed by atoms with Gasteiger partial charge in [0, 0.05) is 12.6 Å². The van der Waals surface area contributed by atoms with Gasteiger partial charge in [-0.15, -0.1) is 0 Å². The van der Waals surface area contributed by atoms with Gasteiger partial charge in [0.2, 0.25) is 10.0 Å². The molecule has 0 saturated heterocycles. The lowest BCUT2D eigenvalue weighted by Gasteiger charge is -2.28. The Morgan fingerprint density at radius 2 is 1.82 bits per heavy atom. The van der Waals surface area contributed by atoms with Gasteiger partial charge < -0.3 is 5.11 Å². The molecule has 0 heterocycles. The average molecular weight is 337 g/mol. The summed E-state index contributed by atoms with van der Waals surface area (Å²) < 4.78 is 63.6. The smallest absolute Gasteiger partial charge is 0.387 e. The zero-order chi connectivity index (χ0) is 16.5. The molecule has 1 aliphatic carbocycles. The summed E-state index contributed by atoms with van der Waals surface area (Å²) in [6.07, 6.45) is -4.95. The van der Waals surface area contributed by atoms with Gasteiger partial charge in [-0.2, -0.15) is 17.5 Å². The predicted octanol–water partition coefficient (Wildman–Crippen LogP) is 2.47. The molecule has 1 aliphatic rings. The molecule has 1 saturated carbocycles. The van der Waals surface area contributed by atoms with E-state index in [1.807, 2.05) is 0 Å². The van der Waals surface area contributed by atoms with Gasteiger partial charge in [-0.25, -0.2) is 8.42 Å². The lowest BCUT2D eigenvalue weighted by molar-refractivity contribution is -0.127. The van der Waals surface area contributed by atoms with Crippen molar-refractivity contribution in [2.45, 2.75) is 43.3 Å². The van der Waals surface area contributed by atoms with Gasteiger partial charge in [-0.3, -0.25) is 0 Å². The van der Waals surface area contributed by atoms with Crippen LogP contribution >= 0.6 is 0 Å². The van der Waals surface area contributed by atoms with Crippen LogP contribution in [-0.2, 0) is 10.0 Å². The molecular weight excluding hydrogens is 319 g/mol. The first-order valence-corrected chi connectivity index (χ1v) is 8.44. The molecule has 0 amide bonds. The summed E-state index contributed by atoms with van der Waals surface area (Å²) in [6.45, 7) is 0.275. The standard InChI is InChI=1S/C14H18F3NO3S/c1-10(14(15,16)17)22(20,21)18(12-7-8-12)9-13(19)11-5-3-2-4-6-11/h2-6,10,12-13,19H,7-9H2,1H3/t10-,13-/m1/s1. The third-order valence-corrected chi connectivity index (χ3v) is 5.99. The van der Waals surface area contributed by atoms with Crippen molar-refractivity contribution in [2.75, 3.05) is 6.54 Å². The monoisotopic (exact) mass is 337 g/mol. The maximum Gasteiger partial charge on any atom is 0.406 e. The van der Waals surface area contributed by atoms with Crippen LogP contribution in [0.4, 0.5) is 13.2 Å². The van der Waals surface area contributed by atoms with Crippen LogP contribution in [0.5, 0.6) is 0 Å². The lowest BCUT2D eigenvalue weighted by Crippen LogP contribution is -2.46. The third kappa shape index (κ3) is 3.80. The van der Waals surface area contributed by atoms with Crippen molar-refractivity contribution < 1.29 is 26.7 Å². The second-order valence-electron chi connectivity index (χ2n) is 5.46. The maximum absolute atomic E-state index is 12.8. The first kappa shape index (κ1) is 17.2. The Balaban J connectivity index is 2.20. The van der Waals surface area contributed by atoms with Crippen molar-refractivity contribution in [3.8, 4) is 0 Å². The fourth-order valence-corrected chi connectivity index (χ4v) is 3.87. The van der Waals surface area contributed by atoms with Gasteiger partial charge in [-0.1, -0.05) is 30.3 Å². The van der Waals surface area contributed by atoms with Crippen LogP contribution in [-0.4, -0.2) is 41.8 Å². The van der Waals surface area contributed by atoms with Crippen molar-refractivity contribution >= 4 is 10.0 Å². The molecular formula is C14H18F3NO3S. The highest BCUT2D eigenvalue weighted by atomic mass is 32.2. The minimum Gasteiger partial charge on any atom is -0.387 e. The van der Waals surface area contributed by atoms with E-state index in [2.05, 4.69) is 0 Å². The van der Waals surface area contributed by atoms with Gasteiger partial charge in [-0.05, 0) is 25.3 Å². The molecule has 0 bridgehead atoms. The molecule has 0 radical (unpaired) electrons. The fraction of sp³-hybridized carbons (Fsp3) is 0.571. The minimum atomic E-state index is -4.83. The fourth-order valence-electron chi connectivity index (χ4n) is 2.15. The van der Waals surface area contributed by atoms with Crippen LogP contribution in [0, 0.1) is 0 Å². The second-order valence-corrected chi connectivity index (χ2v) is 7.66. The molecule has 1 aromatic rings. The summed E-state index contributed by atoms with van der Waals surface area (Å²) >= 11 is 0. The molecule has 0 unspecified atom stereocenters. The van der Waals surface area contributed by atoms with Crippen LogP contribution in [0.25, 0.3) is 0 Å². The Morgan fingerprint density at radius 3 is 2.27 bits per heavy atom. The van der Waals surface area contributed by atoms with Crippen LogP contribution in [0.15, 0.2) is 30.3 Å². The van der Waals surface area contributed by atoms with E-state index >= 15 is 0 Å². The van der Waals surface area contributed by atoms with Gasteiger partial charge in [0.05, 0.1) is 6.10 Å². The zero-order valence-corrected chi connectivity index (χ0v) is 12.8. The molecule has 2 atom stereocenters. The molecule has 1 fully saturated rings. The van der Waals surface area contributed by atoms with Gasteiger partial charge in [0.15, 0.2) is 5.25 Å². The molecule has 2 rings (SSSR count). The summed E-state index contributed by atoms with van der Waals surface area (Å²) in [6, 6.07) is 7.84. The number of hydrogen-bond donors (Lipinski definition) is 1. The first-order chi connectivity index (χ1) is 10.1. The maximum atomic E-state index is 12.8. The Morgan fingerprint density at radius 1 is 1.27 bits per heavy atom. The summed E-state index contributed by atoms with van der Waals surface area (Å²) in [4.78, 5) is 0. The molecule has 124 valence electrons. The molecule has 0 aliphatic heterocycles. The van der Waals surface area contributed by atoms with Gasteiger partial charge >= 0.3 is 6.18 Å². The molecule has 8 heteroatoms. The molecule has 22 heavy (non-hydrogen) atoms. The molecule has 1 aromatic carbocycles. The van der Waals surface area contributed by atoms with E-state index in [1.54, 1.807) is 30.3 Å². The van der Waals surface area contributed by atoms with Crippen LogP contribution in [0.1, 0.15) is 31.4 Å². The lowest BCUT2D eigenvalue weighted by atomic mass is 10.1. The number of halogens is 3. The van der Waals surface area contributed by atoms with E-state index in [1.165, 1.54) is 0 Å². The molecule has 0 spiro atoms. The highest BCUT2D eigenvalue weighted by Gasteiger charge is 2.51. The van der Waals surface area contributed by atoms with E-state index in [0.717, 1.165) is 4.31 Å². The summed E-state index contributed by atoms with van der Waals surface area (Å²) in [5.41, 5.74) is 0.475. The quantitative estimate of drug-likeness (QED) is 0.867. The van der Waals surface area contributed by atoms with Crippen molar-refractivity contribution in [3.05, 3.63) is 35.9 Å².